The van der Waals surface area contributed by atoms with Gasteiger partial charge in [-0.05, 0) is 36.2 Å². The number of benzene rings is 2. The van der Waals surface area contributed by atoms with E-state index in [1.165, 1.54) is 19.2 Å². The minimum Gasteiger partial charge on any atom is -0.354 e. The third kappa shape index (κ3) is 6.13. The summed E-state index contributed by atoms with van der Waals surface area (Å²) in [4.78, 5) is 12.0. The molecule has 1 amide bonds. The highest BCUT2D eigenvalue weighted by molar-refractivity contribution is 7.89. The molecule has 0 aliphatic rings. The van der Waals surface area contributed by atoms with Crippen LogP contribution in [0.25, 0.3) is 0 Å². The molecule has 0 saturated carbocycles. The molecule has 0 spiro atoms. The van der Waals surface area contributed by atoms with E-state index < -0.39 is 15.8 Å². The first-order valence-corrected chi connectivity index (χ1v) is 10.0. The maximum absolute atomic E-state index is 12.9. The van der Waals surface area contributed by atoms with Gasteiger partial charge < -0.3 is 11.1 Å². The fraction of sp³-hybridized carbons (Fsp3) is 0.316. The Morgan fingerprint density at radius 3 is 2.41 bits per heavy atom. The molecule has 0 radical (unpaired) electrons. The number of halogens is 1. The van der Waals surface area contributed by atoms with E-state index in [1.54, 1.807) is 0 Å². The van der Waals surface area contributed by atoms with Crippen molar-refractivity contribution < 1.29 is 17.6 Å². The number of sulfonamides is 1. The smallest absolute Gasteiger partial charge is 0.242 e. The van der Waals surface area contributed by atoms with Crippen molar-refractivity contribution in [2.24, 2.45) is 5.73 Å². The topological polar surface area (TPSA) is 92.5 Å². The number of nitrogens with two attached hydrogens (primary N) is 1. The summed E-state index contributed by atoms with van der Waals surface area (Å²) in [6.07, 6.45) is 0.550. The number of nitrogens with zero attached hydrogens (tertiary/aromatic N) is 1. The first kappa shape index (κ1) is 21.0. The number of rotatable bonds is 9. The van der Waals surface area contributed by atoms with Crippen molar-refractivity contribution in [2.45, 2.75) is 23.8 Å². The minimum atomic E-state index is -3.70. The van der Waals surface area contributed by atoms with Gasteiger partial charge in [0.2, 0.25) is 15.9 Å². The summed E-state index contributed by atoms with van der Waals surface area (Å²) >= 11 is 0. The van der Waals surface area contributed by atoms with Gasteiger partial charge in [-0.3, -0.25) is 4.79 Å². The van der Waals surface area contributed by atoms with E-state index in [-0.39, 0.29) is 29.8 Å². The van der Waals surface area contributed by atoms with Gasteiger partial charge in [-0.25, -0.2) is 17.1 Å². The molecule has 1 unspecified atom stereocenters. The molecule has 6 nitrogen and oxygen atoms in total. The molecule has 0 fully saturated rings. The number of nitrogens with one attached hydrogen (secondary N) is 1. The van der Waals surface area contributed by atoms with Gasteiger partial charge in [0.15, 0.2) is 0 Å². The Morgan fingerprint density at radius 2 is 1.78 bits per heavy atom. The minimum absolute atomic E-state index is 0.0182. The molecule has 2 rings (SSSR count). The molecule has 3 N–H and O–H groups in total. The van der Waals surface area contributed by atoms with Crippen molar-refractivity contribution in [2.75, 3.05) is 20.1 Å². The van der Waals surface area contributed by atoms with Crippen molar-refractivity contribution >= 4 is 15.9 Å². The molecule has 146 valence electrons. The lowest BCUT2D eigenvalue weighted by Gasteiger charge is -2.17. The monoisotopic (exact) mass is 393 g/mol. The molecule has 0 aromatic heterocycles. The first-order valence-electron chi connectivity index (χ1n) is 8.60. The predicted molar refractivity (Wildman–Crippen MR) is 102 cm³/mol. The van der Waals surface area contributed by atoms with Crippen molar-refractivity contribution in [3.05, 3.63) is 66.0 Å². The Labute approximate surface area is 159 Å². The number of amides is 1. The van der Waals surface area contributed by atoms with Gasteiger partial charge in [0.25, 0.3) is 0 Å². The van der Waals surface area contributed by atoms with Crippen LogP contribution in [0.5, 0.6) is 0 Å². The third-order valence-corrected chi connectivity index (χ3v) is 6.02. The lowest BCUT2D eigenvalue weighted by Crippen LogP contribution is -2.33. The van der Waals surface area contributed by atoms with Crippen molar-refractivity contribution in [1.29, 1.82) is 0 Å². The van der Waals surface area contributed by atoms with Crippen LogP contribution in [0.4, 0.5) is 4.39 Å². The molecule has 2 aromatic rings. The predicted octanol–water partition coefficient (Wildman–Crippen LogP) is 2.04. The highest BCUT2D eigenvalue weighted by Crippen LogP contribution is 2.15. The number of hydrogen-bond donors (Lipinski definition) is 2. The molecule has 27 heavy (non-hydrogen) atoms. The normalized spacial score (nSPS) is 12.7. The van der Waals surface area contributed by atoms with Crippen molar-refractivity contribution in [3.63, 3.8) is 0 Å². The molecular formula is C19H24FN3O3S. The first-order chi connectivity index (χ1) is 12.8. The van der Waals surface area contributed by atoms with Gasteiger partial charge in [0.1, 0.15) is 5.82 Å². The lowest BCUT2D eigenvalue weighted by atomic mass is 10.1. The molecule has 2 aromatic carbocycles. The Hall–Kier alpha value is -2.29. The maximum Gasteiger partial charge on any atom is 0.242 e. The van der Waals surface area contributed by atoms with Crippen LogP contribution < -0.4 is 11.1 Å². The average molecular weight is 393 g/mol. The van der Waals surface area contributed by atoms with Crippen LogP contribution in [0.3, 0.4) is 0 Å². The number of carbonyl (C=O) groups is 1. The lowest BCUT2D eigenvalue weighted by molar-refractivity contribution is -0.121. The Kier molecular flexibility index (Phi) is 7.46. The van der Waals surface area contributed by atoms with E-state index in [2.05, 4.69) is 5.32 Å². The van der Waals surface area contributed by atoms with Crippen LogP contribution in [-0.4, -0.2) is 38.8 Å². The average Bonchev–Trinajstić information content (AvgIpc) is 2.67. The van der Waals surface area contributed by atoms with Crippen LogP contribution in [0.15, 0.2) is 59.5 Å². The van der Waals surface area contributed by atoms with Crippen molar-refractivity contribution in [3.8, 4) is 0 Å². The van der Waals surface area contributed by atoms with Crippen LogP contribution >= 0.6 is 0 Å². The van der Waals surface area contributed by atoms with Crippen LogP contribution in [-0.2, 0) is 14.8 Å². The second-order valence-electron chi connectivity index (χ2n) is 6.21. The van der Waals surface area contributed by atoms with E-state index in [4.69, 9.17) is 5.73 Å². The fourth-order valence-electron chi connectivity index (χ4n) is 2.50. The van der Waals surface area contributed by atoms with Crippen molar-refractivity contribution in [1.82, 2.24) is 9.62 Å². The van der Waals surface area contributed by atoms with E-state index in [0.29, 0.717) is 13.0 Å². The van der Waals surface area contributed by atoms with Crippen LogP contribution in [0.2, 0.25) is 0 Å². The SMILES string of the molecule is CN(CCCC(=O)NCC(N)c1ccccc1)S(=O)(=O)c1ccc(F)cc1. The summed E-state index contributed by atoms with van der Waals surface area (Å²) in [7, 11) is -2.27. The standard InChI is InChI=1S/C19H24FN3O3S/c1-23(27(25,26)17-11-9-16(20)10-12-17)13-5-8-19(24)22-14-18(21)15-6-3-2-4-7-15/h2-4,6-7,9-12,18H,5,8,13-14,21H2,1H3,(H,22,24). The quantitative estimate of drug-likeness (QED) is 0.682. The molecule has 1 atom stereocenters. The summed E-state index contributed by atoms with van der Waals surface area (Å²) in [5, 5.41) is 2.76. The largest absolute Gasteiger partial charge is 0.354 e. The molecule has 0 bridgehead atoms. The van der Waals surface area contributed by atoms with Gasteiger partial charge in [-0.1, -0.05) is 30.3 Å². The summed E-state index contributed by atoms with van der Waals surface area (Å²) in [6.45, 7) is 0.491. The molecule has 0 aliphatic heterocycles. The summed E-state index contributed by atoms with van der Waals surface area (Å²) in [6, 6.07) is 13.8. The summed E-state index contributed by atoms with van der Waals surface area (Å²) < 4.78 is 38.9. The van der Waals surface area contributed by atoms with Gasteiger partial charge in [-0.2, -0.15) is 0 Å². The van der Waals surface area contributed by atoms with Gasteiger partial charge in [0.05, 0.1) is 4.90 Å². The summed E-state index contributed by atoms with van der Waals surface area (Å²) in [5.74, 6) is -0.684. The second-order valence-corrected chi connectivity index (χ2v) is 8.25. The Morgan fingerprint density at radius 1 is 1.15 bits per heavy atom. The molecule has 0 aliphatic carbocycles. The van der Waals surface area contributed by atoms with Crippen LogP contribution in [0.1, 0.15) is 24.4 Å². The zero-order valence-corrected chi connectivity index (χ0v) is 16.0. The summed E-state index contributed by atoms with van der Waals surface area (Å²) in [5.41, 5.74) is 6.96. The molecule has 0 heterocycles. The highest BCUT2D eigenvalue weighted by Gasteiger charge is 2.20. The molecule has 0 saturated heterocycles. The Bertz CT molecular complexity index is 842. The fourth-order valence-corrected chi connectivity index (χ4v) is 3.71. The number of hydrogen-bond acceptors (Lipinski definition) is 4. The second kappa shape index (κ2) is 9.59. The highest BCUT2D eigenvalue weighted by atomic mass is 32.2. The molecule has 8 heteroatoms. The van der Waals surface area contributed by atoms with E-state index in [0.717, 1.165) is 22.0 Å². The van der Waals surface area contributed by atoms with E-state index >= 15 is 0 Å². The number of carbonyl (C=O) groups excluding carboxylic acids is 1. The zero-order chi connectivity index (χ0) is 19.9. The van der Waals surface area contributed by atoms with E-state index in [9.17, 15) is 17.6 Å². The van der Waals surface area contributed by atoms with Crippen LogP contribution in [0, 0.1) is 5.82 Å². The maximum atomic E-state index is 12.9. The molecular weight excluding hydrogens is 369 g/mol. The van der Waals surface area contributed by atoms with E-state index in [1.807, 2.05) is 30.3 Å². The van der Waals surface area contributed by atoms with Gasteiger partial charge in [0, 0.05) is 32.6 Å². The Balaban J connectivity index is 1.76. The third-order valence-electron chi connectivity index (χ3n) is 4.15. The zero-order valence-electron chi connectivity index (χ0n) is 15.1. The van der Waals surface area contributed by atoms with Gasteiger partial charge >= 0.3 is 0 Å². The van der Waals surface area contributed by atoms with Gasteiger partial charge in [-0.15, -0.1) is 0 Å².